The number of aromatic nitrogens is 1. The van der Waals surface area contributed by atoms with E-state index in [1.807, 2.05) is 12.2 Å². The van der Waals surface area contributed by atoms with Crippen LogP contribution in [0.25, 0.3) is 12.2 Å². The number of hydrogen-bond donors (Lipinski definition) is 1. The van der Waals surface area contributed by atoms with Gasteiger partial charge in [-0.3, -0.25) is 0 Å². The van der Waals surface area contributed by atoms with E-state index >= 15 is 0 Å². The van der Waals surface area contributed by atoms with E-state index in [4.69, 9.17) is 4.42 Å². The van der Waals surface area contributed by atoms with Crippen LogP contribution >= 0.6 is 0 Å². The maximum atomic E-state index is 5.77. The van der Waals surface area contributed by atoms with Crippen molar-refractivity contribution in [2.45, 2.75) is 6.42 Å². The quantitative estimate of drug-likeness (QED) is 0.774. The van der Waals surface area contributed by atoms with Gasteiger partial charge in [-0.25, -0.2) is 0 Å². The van der Waals surface area contributed by atoms with E-state index in [0.29, 0.717) is 0 Å². The van der Waals surface area contributed by atoms with Gasteiger partial charge in [-0.15, -0.1) is 0 Å². The van der Waals surface area contributed by atoms with Crippen molar-refractivity contribution in [2.24, 2.45) is 0 Å². The molecule has 2 heterocycles. The molecule has 1 aromatic rings. The van der Waals surface area contributed by atoms with Gasteiger partial charge in [0.05, 0.1) is 0 Å². The van der Waals surface area contributed by atoms with Gasteiger partial charge in [-0.2, -0.15) is 4.98 Å². The molecule has 1 fully saturated rings. The standard InChI is InChI=1S/C12H15N3O/c1-2-4-10-11(5-3-1)16-12(14-10)15-8-6-13-7-9-15/h2-5,13H,1,6-9H2. The summed E-state index contributed by atoms with van der Waals surface area (Å²) in [5, 5.41) is 3.32. The third-order valence-corrected chi connectivity index (χ3v) is 2.87. The highest BCUT2D eigenvalue weighted by Gasteiger charge is 2.17. The van der Waals surface area contributed by atoms with Crippen LogP contribution in [0, 0.1) is 0 Å². The summed E-state index contributed by atoms with van der Waals surface area (Å²) in [6.45, 7) is 3.93. The van der Waals surface area contributed by atoms with Crippen LogP contribution in [-0.2, 0) is 0 Å². The van der Waals surface area contributed by atoms with Crippen molar-refractivity contribution >= 4 is 18.2 Å². The van der Waals surface area contributed by atoms with E-state index in [9.17, 15) is 0 Å². The Balaban J connectivity index is 1.89. The summed E-state index contributed by atoms with van der Waals surface area (Å²) >= 11 is 0. The number of hydrogen-bond acceptors (Lipinski definition) is 4. The molecule has 1 aliphatic carbocycles. The van der Waals surface area contributed by atoms with E-state index in [-0.39, 0.29) is 0 Å². The lowest BCUT2D eigenvalue weighted by atomic mass is 10.3. The number of anilines is 1. The fourth-order valence-electron chi connectivity index (χ4n) is 2.00. The number of nitrogens with one attached hydrogen (secondary N) is 1. The molecule has 84 valence electrons. The number of rotatable bonds is 1. The zero-order valence-electron chi connectivity index (χ0n) is 9.15. The Kier molecular flexibility index (Phi) is 2.50. The molecule has 1 N–H and O–H groups in total. The van der Waals surface area contributed by atoms with Crippen LogP contribution in [0.15, 0.2) is 16.6 Å². The molecule has 0 unspecified atom stereocenters. The summed E-state index contributed by atoms with van der Waals surface area (Å²) in [7, 11) is 0. The van der Waals surface area contributed by atoms with Gasteiger partial charge in [0.2, 0.25) is 0 Å². The molecule has 4 nitrogen and oxygen atoms in total. The van der Waals surface area contributed by atoms with Gasteiger partial charge >= 0.3 is 0 Å². The first-order valence-corrected chi connectivity index (χ1v) is 5.73. The molecule has 3 rings (SSSR count). The Morgan fingerprint density at radius 3 is 2.88 bits per heavy atom. The minimum absolute atomic E-state index is 0.753. The molecule has 1 aliphatic heterocycles. The molecule has 0 saturated carbocycles. The van der Waals surface area contributed by atoms with Crippen molar-refractivity contribution in [1.29, 1.82) is 0 Å². The second-order valence-corrected chi connectivity index (χ2v) is 4.02. The van der Waals surface area contributed by atoms with Gasteiger partial charge in [0.1, 0.15) is 5.69 Å². The molecule has 16 heavy (non-hydrogen) atoms. The minimum Gasteiger partial charge on any atom is -0.423 e. The first kappa shape index (κ1) is 9.66. The second kappa shape index (κ2) is 4.14. The molecule has 4 heteroatoms. The van der Waals surface area contributed by atoms with E-state index in [1.54, 1.807) is 0 Å². The number of piperazine rings is 1. The van der Waals surface area contributed by atoms with E-state index < -0.39 is 0 Å². The molecule has 0 bridgehead atoms. The van der Waals surface area contributed by atoms with Crippen molar-refractivity contribution < 1.29 is 4.42 Å². The highest BCUT2D eigenvalue weighted by molar-refractivity contribution is 5.62. The maximum absolute atomic E-state index is 5.77. The van der Waals surface area contributed by atoms with Gasteiger partial charge in [0.15, 0.2) is 5.76 Å². The summed E-state index contributed by atoms with van der Waals surface area (Å²) in [6, 6.07) is 0.753. The number of nitrogens with zero attached hydrogens (tertiary/aromatic N) is 2. The fourth-order valence-corrected chi connectivity index (χ4v) is 2.00. The largest absolute Gasteiger partial charge is 0.423 e. The fraction of sp³-hybridized carbons (Fsp3) is 0.417. The summed E-state index contributed by atoms with van der Waals surface area (Å²) in [4.78, 5) is 6.72. The Labute approximate surface area is 94.6 Å². The van der Waals surface area contributed by atoms with Crippen molar-refractivity contribution in [3.8, 4) is 0 Å². The molecule has 0 aromatic carbocycles. The first-order chi connectivity index (χ1) is 7.93. The van der Waals surface area contributed by atoms with Crippen LogP contribution in [0.3, 0.4) is 0 Å². The van der Waals surface area contributed by atoms with Gasteiger partial charge in [-0.1, -0.05) is 12.2 Å². The molecule has 0 spiro atoms. The lowest BCUT2D eigenvalue weighted by Gasteiger charge is -2.25. The summed E-state index contributed by atoms with van der Waals surface area (Å²) in [5.74, 6) is 0.877. The third-order valence-electron chi connectivity index (χ3n) is 2.87. The molecule has 2 aliphatic rings. The van der Waals surface area contributed by atoms with Crippen LogP contribution < -0.4 is 10.2 Å². The SMILES string of the molecule is C1=Cc2nc(N3CCNCC3)oc2C=CC1. The second-order valence-electron chi connectivity index (χ2n) is 4.02. The van der Waals surface area contributed by atoms with Crippen LogP contribution in [0.2, 0.25) is 0 Å². The highest BCUT2D eigenvalue weighted by Crippen LogP contribution is 2.23. The summed E-state index contributed by atoms with van der Waals surface area (Å²) in [5.41, 5.74) is 0.947. The Morgan fingerprint density at radius 2 is 2.00 bits per heavy atom. The summed E-state index contributed by atoms with van der Waals surface area (Å²) < 4.78 is 5.77. The minimum atomic E-state index is 0.753. The molecule has 1 aromatic heterocycles. The molecule has 0 radical (unpaired) electrons. The predicted octanol–water partition coefficient (Wildman–Crippen LogP) is 1.51. The Bertz CT molecular complexity index is 398. The summed E-state index contributed by atoms with van der Waals surface area (Å²) in [6.07, 6.45) is 9.19. The average molecular weight is 217 g/mol. The molecular formula is C12H15N3O. The Morgan fingerprint density at radius 1 is 1.19 bits per heavy atom. The average Bonchev–Trinajstić information content (AvgIpc) is 2.62. The number of oxazole rings is 1. The van der Waals surface area contributed by atoms with Gasteiger partial charge in [-0.05, 0) is 18.6 Å². The van der Waals surface area contributed by atoms with Crippen LogP contribution in [0.5, 0.6) is 0 Å². The van der Waals surface area contributed by atoms with Crippen molar-refractivity contribution in [3.63, 3.8) is 0 Å². The van der Waals surface area contributed by atoms with Gasteiger partial charge in [0.25, 0.3) is 6.01 Å². The van der Waals surface area contributed by atoms with Crippen molar-refractivity contribution in [2.75, 3.05) is 31.1 Å². The Hall–Kier alpha value is -1.55. The van der Waals surface area contributed by atoms with Crippen LogP contribution in [-0.4, -0.2) is 31.2 Å². The third kappa shape index (κ3) is 1.76. The van der Waals surface area contributed by atoms with E-state index in [0.717, 1.165) is 50.1 Å². The van der Waals surface area contributed by atoms with Crippen molar-refractivity contribution in [1.82, 2.24) is 10.3 Å². The highest BCUT2D eigenvalue weighted by atomic mass is 16.4. The van der Waals surface area contributed by atoms with Crippen LogP contribution in [0.4, 0.5) is 6.01 Å². The topological polar surface area (TPSA) is 41.3 Å². The van der Waals surface area contributed by atoms with E-state index in [1.165, 1.54) is 0 Å². The number of allylic oxidation sites excluding steroid dienone is 2. The van der Waals surface area contributed by atoms with Crippen molar-refractivity contribution in [3.05, 3.63) is 23.6 Å². The molecule has 0 atom stereocenters. The number of fused-ring (bicyclic) bond motifs is 1. The lowest BCUT2D eigenvalue weighted by molar-refractivity contribution is 0.494. The monoisotopic (exact) mass is 217 g/mol. The molecular weight excluding hydrogens is 202 g/mol. The molecule has 1 saturated heterocycles. The molecule has 0 amide bonds. The van der Waals surface area contributed by atoms with Crippen LogP contribution in [0.1, 0.15) is 17.9 Å². The first-order valence-electron chi connectivity index (χ1n) is 5.73. The van der Waals surface area contributed by atoms with E-state index in [2.05, 4.69) is 27.4 Å². The zero-order chi connectivity index (χ0) is 10.8. The normalized spacial score (nSPS) is 19.6. The van der Waals surface area contributed by atoms with Gasteiger partial charge < -0.3 is 14.6 Å². The zero-order valence-corrected chi connectivity index (χ0v) is 9.15. The smallest absolute Gasteiger partial charge is 0.298 e. The maximum Gasteiger partial charge on any atom is 0.298 e. The predicted molar refractivity (Wildman–Crippen MR) is 64.3 cm³/mol. The lowest BCUT2D eigenvalue weighted by Crippen LogP contribution is -2.43. The van der Waals surface area contributed by atoms with Gasteiger partial charge in [0, 0.05) is 26.2 Å².